The first kappa shape index (κ1) is 27.1. The molecule has 182 valence electrons. The van der Waals surface area contributed by atoms with Gasteiger partial charge < -0.3 is 19.7 Å². The number of hydrogen-bond acceptors (Lipinski definition) is 4. The van der Waals surface area contributed by atoms with Gasteiger partial charge in [-0.1, -0.05) is 12.1 Å². The molecule has 1 N–H and O–H groups in total. The van der Waals surface area contributed by atoms with Gasteiger partial charge in [0, 0.05) is 65.4 Å². The summed E-state index contributed by atoms with van der Waals surface area (Å²) in [6, 6.07) is 5.44. The fraction of sp³-hybridized carbons (Fsp3) is 0.682. The van der Waals surface area contributed by atoms with Crippen molar-refractivity contribution in [3.05, 3.63) is 35.4 Å². The topological polar surface area (TPSA) is 49.3 Å². The van der Waals surface area contributed by atoms with Crippen molar-refractivity contribution in [1.29, 1.82) is 0 Å². The van der Waals surface area contributed by atoms with E-state index >= 15 is 0 Å². The summed E-state index contributed by atoms with van der Waals surface area (Å²) in [5.41, 5.74) is 0.294. The number of aliphatic imine (C=N–C) groups is 1. The lowest BCUT2D eigenvalue weighted by Gasteiger charge is -2.36. The van der Waals surface area contributed by atoms with Gasteiger partial charge in [-0.25, -0.2) is 0 Å². The van der Waals surface area contributed by atoms with Crippen LogP contribution in [0, 0.1) is 5.92 Å². The number of benzene rings is 1. The van der Waals surface area contributed by atoms with E-state index in [-0.39, 0.29) is 24.0 Å². The largest absolute Gasteiger partial charge is 0.416 e. The molecule has 1 aromatic rings. The first-order valence-corrected chi connectivity index (χ1v) is 11.0. The van der Waals surface area contributed by atoms with Crippen LogP contribution in [0.25, 0.3) is 0 Å². The van der Waals surface area contributed by atoms with Crippen molar-refractivity contribution in [3.63, 3.8) is 0 Å². The molecule has 2 fully saturated rings. The maximum absolute atomic E-state index is 12.7. The molecule has 2 aliphatic heterocycles. The number of rotatable bonds is 8. The molecular weight excluding hydrogens is 536 g/mol. The molecular formula is C22H34F3IN4O2. The van der Waals surface area contributed by atoms with Gasteiger partial charge in [-0.3, -0.25) is 9.89 Å². The third kappa shape index (κ3) is 8.68. The summed E-state index contributed by atoms with van der Waals surface area (Å²) in [6.07, 6.45) is -2.28. The fourth-order valence-electron chi connectivity index (χ4n) is 3.85. The van der Waals surface area contributed by atoms with Crippen LogP contribution >= 0.6 is 24.0 Å². The van der Waals surface area contributed by atoms with E-state index in [1.54, 1.807) is 19.2 Å². The number of nitrogens with one attached hydrogen (secondary N) is 1. The third-order valence-corrected chi connectivity index (χ3v) is 5.70. The quantitative estimate of drug-likeness (QED) is 0.225. The van der Waals surface area contributed by atoms with Crippen molar-refractivity contribution in [2.45, 2.75) is 25.6 Å². The molecule has 2 heterocycles. The average Bonchev–Trinajstić information content (AvgIpc) is 3.27. The van der Waals surface area contributed by atoms with E-state index in [9.17, 15) is 13.2 Å². The van der Waals surface area contributed by atoms with Gasteiger partial charge >= 0.3 is 6.18 Å². The molecule has 0 spiro atoms. The molecule has 0 radical (unpaired) electrons. The maximum atomic E-state index is 12.7. The third-order valence-electron chi connectivity index (χ3n) is 5.70. The van der Waals surface area contributed by atoms with Crippen molar-refractivity contribution < 1.29 is 22.6 Å². The van der Waals surface area contributed by atoms with Crippen LogP contribution < -0.4 is 5.32 Å². The van der Waals surface area contributed by atoms with Gasteiger partial charge in [0.1, 0.15) is 0 Å². The normalized spacial score (nSPS) is 20.3. The Balaban J connectivity index is 0.00000363. The summed E-state index contributed by atoms with van der Waals surface area (Å²) in [5.74, 6) is 1.43. The molecule has 1 aromatic carbocycles. The Morgan fingerprint density at radius 1 is 1.19 bits per heavy atom. The molecule has 1 atom stereocenters. The minimum absolute atomic E-state index is 0. The lowest BCUT2D eigenvalue weighted by Crippen LogP contribution is -2.52. The average molecular weight is 570 g/mol. The summed E-state index contributed by atoms with van der Waals surface area (Å²) in [7, 11) is 1.79. The molecule has 0 amide bonds. The lowest BCUT2D eigenvalue weighted by atomic mass is 10.1. The molecule has 10 heteroatoms. The predicted molar refractivity (Wildman–Crippen MR) is 129 cm³/mol. The minimum atomic E-state index is -4.29. The van der Waals surface area contributed by atoms with Crippen molar-refractivity contribution in [2.75, 3.05) is 66.2 Å². The first-order chi connectivity index (χ1) is 15.0. The SMILES string of the molecule is CN=C(NCCCOCC1CCOC1)N1CCN(Cc2ccc(C(F)(F)F)cc2)CC1.I. The van der Waals surface area contributed by atoms with E-state index in [1.807, 2.05) is 0 Å². The Hall–Kier alpha value is -1.11. The zero-order valence-corrected chi connectivity index (χ0v) is 20.9. The van der Waals surface area contributed by atoms with Crippen LogP contribution in [0.5, 0.6) is 0 Å². The Morgan fingerprint density at radius 3 is 2.50 bits per heavy atom. The Morgan fingerprint density at radius 2 is 1.91 bits per heavy atom. The fourth-order valence-corrected chi connectivity index (χ4v) is 3.85. The molecule has 1 unspecified atom stereocenters. The van der Waals surface area contributed by atoms with Gasteiger partial charge in [0.2, 0.25) is 0 Å². The summed E-state index contributed by atoms with van der Waals surface area (Å²) >= 11 is 0. The monoisotopic (exact) mass is 570 g/mol. The van der Waals surface area contributed by atoms with Gasteiger partial charge in [0.25, 0.3) is 0 Å². The van der Waals surface area contributed by atoms with Crippen LogP contribution in [-0.2, 0) is 22.2 Å². The van der Waals surface area contributed by atoms with Gasteiger partial charge in [0.15, 0.2) is 5.96 Å². The van der Waals surface area contributed by atoms with Crippen molar-refractivity contribution in [1.82, 2.24) is 15.1 Å². The van der Waals surface area contributed by atoms with Crippen LogP contribution in [0.1, 0.15) is 24.0 Å². The van der Waals surface area contributed by atoms with Gasteiger partial charge in [-0.15, -0.1) is 24.0 Å². The van der Waals surface area contributed by atoms with Gasteiger partial charge in [-0.2, -0.15) is 13.2 Å². The molecule has 2 saturated heterocycles. The Labute approximate surface area is 205 Å². The molecule has 2 aliphatic rings. The molecule has 0 aromatic heterocycles. The van der Waals surface area contributed by atoms with E-state index in [0.717, 1.165) is 95.6 Å². The van der Waals surface area contributed by atoms with E-state index in [2.05, 4.69) is 20.1 Å². The van der Waals surface area contributed by atoms with Crippen molar-refractivity contribution in [2.24, 2.45) is 10.9 Å². The Bertz CT molecular complexity index is 689. The second-order valence-electron chi connectivity index (χ2n) is 8.09. The number of alkyl halides is 3. The molecule has 0 aliphatic carbocycles. The van der Waals surface area contributed by atoms with Gasteiger partial charge in [0.05, 0.1) is 18.8 Å². The van der Waals surface area contributed by atoms with Crippen LogP contribution in [0.4, 0.5) is 13.2 Å². The first-order valence-electron chi connectivity index (χ1n) is 11.0. The van der Waals surface area contributed by atoms with Crippen LogP contribution in [-0.4, -0.2) is 82.0 Å². The van der Waals surface area contributed by atoms with E-state index < -0.39 is 11.7 Å². The van der Waals surface area contributed by atoms with Crippen LogP contribution in [0.15, 0.2) is 29.3 Å². The second-order valence-corrected chi connectivity index (χ2v) is 8.09. The zero-order valence-electron chi connectivity index (χ0n) is 18.6. The maximum Gasteiger partial charge on any atom is 0.416 e. The molecule has 3 rings (SSSR count). The van der Waals surface area contributed by atoms with Crippen LogP contribution in [0.2, 0.25) is 0 Å². The second kappa shape index (κ2) is 13.6. The molecule has 0 bridgehead atoms. The van der Waals surface area contributed by atoms with Crippen molar-refractivity contribution >= 4 is 29.9 Å². The number of ether oxygens (including phenoxy) is 2. The number of nitrogens with zero attached hydrogens (tertiary/aromatic N) is 3. The van der Waals surface area contributed by atoms with E-state index in [4.69, 9.17) is 9.47 Å². The number of halogens is 4. The summed E-state index contributed by atoms with van der Waals surface area (Å²) in [5, 5.41) is 3.40. The van der Waals surface area contributed by atoms with Crippen LogP contribution in [0.3, 0.4) is 0 Å². The lowest BCUT2D eigenvalue weighted by molar-refractivity contribution is -0.137. The number of hydrogen-bond donors (Lipinski definition) is 1. The number of piperazine rings is 1. The highest BCUT2D eigenvalue weighted by Gasteiger charge is 2.30. The number of guanidine groups is 1. The predicted octanol–water partition coefficient (Wildman–Crippen LogP) is 3.46. The minimum Gasteiger partial charge on any atom is -0.381 e. The molecule has 6 nitrogen and oxygen atoms in total. The highest BCUT2D eigenvalue weighted by atomic mass is 127. The molecule has 32 heavy (non-hydrogen) atoms. The Kier molecular flexibility index (Phi) is 11.5. The summed E-state index contributed by atoms with van der Waals surface area (Å²) in [4.78, 5) is 8.86. The standard InChI is InChI=1S/C22H33F3N4O2.HI/c1-26-21(27-8-2-13-30-16-19-7-14-31-17-19)29-11-9-28(10-12-29)15-18-3-5-20(6-4-18)22(23,24)25;/h3-6,19H,2,7-17H2,1H3,(H,26,27);1H. The summed E-state index contributed by atoms with van der Waals surface area (Å²) < 4.78 is 49.2. The molecule has 0 saturated carbocycles. The van der Waals surface area contributed by atoms with E-state index in [0.29, 0.717) is 12.5 Å². The zero-order chi connectivity index (χ0) is 22.1. The highest BCUT2D eigenvalue weighted by molar-refractivity contribution is 14.0. The highest BCUT2D eigenvalue weighted by Crippen LogP contribution is 2.29. The summed E-state index contributed by atoms with van der Waals surface area (Å²) in [6.45, 7) is 7.97. The smallest absolute Gasteiger partial charge is 0.381 e. The van der Waals surface area contributed by atoms with E-state index in [1.165, 1.54) is 0 Å². The van der Waals surface area contributed by atoms with Gasteiger partial charge in [-0.05, 0) is 30.5 Å². The van der Waals surface area contributed by atoms with Crippen molar-refractivity contribution in [3.8, 4) is 0 Å².